The van der Waals surface area contributed by atoms with Crippen molar-refractivity contribution in [1.82, 2.24) is 10.3 Å². The van der Waals surface area contributed by atoms with Crippen molar-refractivity contribution in [2.24, 2.45) is 0 Å². The van der Waals surface area contributed by atoms with Gasteiger partial charge >= 0.3 is 0 Å². The van der Waals surface area contributed by atoms with Gasteiger partial charge in [-0.1, -0.05) is 19.1 Å². The first-order chi connectivity index (χ1) is 10.6. The molecule has 0 aliphatic heterocycles. The second-order valence-electron chi connectivity index (χ2n) is 5.11. The molecule has 1 atom stereocenters. The van der Waals surface area contributed by atoms with E-state index >= 15 is 0 Å². The fourth-order valence-corrected chi connectivity index (χ4v) is 2.06. The molecule has 1 heterocycles. The lowest BCUT2D eigenvalue weighted by Gasteiger charge is -2.09. The molecule has 1 amide bonds. The van der Waals surface area contributed by atoms with Crippen molar-refractivity contribution >= 4 is 11.7 Å². The van der Waals surface area contributed by atoms with Gasteiger partial charge in [0.2, 0.25) is 0 Å². The van der Waals surface area contributed by atoms with E-state index in [0.29, 0.717) is 36.1 Å². The first-order valence-electron chi connectivity index (χ1n) is 7.35. The summed E-state index contributed by atoms with van der Waals surface area (Å²) in [7, 11) is 0. The minimum Gasteiger partial charge on any atom is -0.393 e. The highest BCUT2D eigenvalue weighted by molar-refractivity contribution is 6.09. The van der Waals surface area contributed by atoms with Crippen LogP contribution < -0.4 is 5.32 Å². The number of amides is 1. The molecule has 0 spiro atoms. The van der Waals surface area contributed by atoms with Gasteiger partial charge in [-0.05, 0) is 31.0 Å². The van der Waals surface area contributed by atoms with Gasteiger partial charge in [0.25, 0.3) is 5.91 Å². The number of H-pyrrole nitrogens is 1. The molecule has 0 aliphatic carbocycles. The maximum atomic E-state index is 12.1. The zero-order valence-electron chi connectivity index (χ0n) is 12.5. The number of hydrogen-bond donors (Lipinski definition) is 3. The highest BCUT2D eigenvalue weighted by Crippen LogP contribution is 2.10. The second-order valence-corrected chi connectivity index (χ2v) is 5.11. The number of aliphatic hydroxyl groups is 1. The fourth-order valence-electron chi connectivity index (χ4n) is 2.06. The number of aliphatic hydroxyl groups excluding tert-OH is 1. The van der Waals surface area contributed by atoms with Gasteiger partial charge in [0, 0.05) is 35.6 Å². The number of benzene rings is 1. The average Bonchev–Trinajstić information content (AvgIpc) is 3.08. The van der Waals surface area contributed by atoms with Crippen molar-refractivity contribution in [3.8, 4) is 0 Å². The van der Waals surface area contributed by atoms with E-state index in [0.717, 1.165) is 0 Å². The van der Waals surface area contributed by atoms with E-state index < -0.39 is 0 Å². The molecular formula is C17H20N2O3. The standard InChI is InChI=1S/C17H20N2O3/c1-2-15(20)8-10-19-17(22)13-5-3-12(4-6-13)16(21)14-7-9-18-11-14/h3-7,9,11,15,18,20H,2,8,10H2,1H3,(H,19,22). The van der Waals surface area contributed by atoms with E-state index in [-0.39, 0.29) is 17.8 Å². The molecule has 5 heteroatoms. The quantitative estimate of drug-likeness (QED) is 0.685. The van der Waals surface area contributed by atoms with Gasteiger partial charge < -0.3 is 15.4 Å². The summed E-state index contributed by atoms with van der Waals surface area (Å²) in [5, 5.41) is 12.2. The summed E-state index contributed by atoms with van der Waals surface area (Å²) in [6, 6.07) is 8.26. The third-order valence-corrected chi connectivity index (χ3v) is 3.50. The largest absolute Gasteiger partial charge is 0.393 e. The lowest BCUT2D eigenvalue weighted by molar-refractivity contribution is 0.0940. The Morgan fingerprint density at radius 2 is 1.82 bits per heavy atom. The van der Waals surface area contributed by atoms with Gasteiger partial charge in [-0.25, -0.2) is 0 Å². The van der Waals surface area contributed by atoms with E-state index in [1.807, 2.05) is 6.92 Å². The van der Waals surface area contributed by atoms with Crippen LogP contribution in [0.1, 0.15) is 46.0 Å². The van der Waals surface area contributed by atoms with E-state index in [2.05, 4.69) is 10.3 Å². The molecule has 0 saturated heterocycles. The summed E-state index contributed by atoms with van der Waals surface area (Å²) in [5.41, 5.74) is 1.62. The molecule has 0 aliphatic rings. The molecule has 0 radical (unpaired) electrons. The van der Waals surface area contributed by atoms with Crippen LogP contribution in [0.2, 0.25) is 0 Å². The van der Waals surface area contributed by atoms with Gasteiger partial charge in [-0.15, -0.1) is 0 Å². The van der Waals surface area contributed by atoms with Crippen LogP contribution in [0.4, 0.5) is 0 Å². The molecule has 2 rings (SSSR count). The van der Waals surface area contributed by atoms with Crippen molar-refractivity contribution in [2.75, 3.05) is 6.54 Å². The summed E-state index contributed by atoms with van der Waals surface area (Å²) >= 11 is 0. The van der Waals surface area contributed by atoms with Crippen LogP contribution in [0.15, 0.2) is 42.7 Å². The van der Waals surface area contributed by atoms with Crippen molar-refractivity contribution in [3.63, 3.8) is 0 Å². The number of rotatable bonds is 7. The third-order valence-electron chi connectivity index (χ3n) is 3.50. The van der Waals surface area contributed by atoms with E-state index in [1.54, 1.807) is 42.7 Å². The lowest BCUT2D eigenvalue weighted by Crippen LogP contribution is -2.27. The smallest absolute Gasteiger partial charge is 0.251 e. The monoisotopic (exact) mass is 300 g/mol. The Hall–Kier alpha value is -2.40. The second kappa shape index (κ2) is 7.56. The Labute approximate surface area is 129 Å². The third kappa shape index (κ3) is 4.05. The zero-order chi connectivity index (χ0) is 15.9. The van der Waals surface area contributed by atoms with Crippen molar-refractivity contribution in [3.05, 3.63) is 59.4 Å². The maximum Gasteiger partial charge on any atom is 0.251 e. The van der Waals surface area contributed by atoms with Crippen LogP contribution >= 0.6 is 0 Å². The summed E-state index contributed by atoms with van der Waals surface area (Å²) in [6.45, 7) is 2.32. The number of ketones is 1. The number of nitrogens with one attached hydrogen (secondary N) is 2. The van der Waals surface area contributed by atoms with Crippen LogP contribution in [0.3, 0.4) is 0 Å². The first kappa shape index (κ1) is 16.0. The summed E-state index contributed by atoms with van der Waals surface area (Å²) < 4.78 is 0. The van der Waals surface area contributed by atoms with Crippen LogP contribution in [0, 0.1) is 0 Å². The van der Waals surface area contributed by atoms with Crippen LogP contribution in [0.25, 0.3) is 0 Å². The summed E-state index contributed by atoms with van der Waals surface area (Å²) in [6.07, 6.45) is 4.15. The highest BCUT2D eigenvalue weighted by Gasteiger charge is 2.11. The fraction of sp³-hybridized carbons (Fsp3) is 0.294. The molecule has 1 aromatic carbocycles. The zero-order valence-corrected chi connectivity index (χ0v) is 12.5. The molecule has 3 N–H and O–H groups in total. The SMILES string of the molecule is CCC(O)CCNC(=O)c1ccc(C(=O)c2cc[nH]c2)cc1. The molecule has 1 unspecified atom stereocenters. The predicted octanol–water partition coefficient (Wildman–Crippen LogP) is 2.14. The van der Waals surface area contributed by atoms with Crippen LogP contribution in [-0.2, 0) is 0 Å². The molecule has 0 bridgehead atoms. The van der Waals surface area contributed by atoms with Gasteiger partial charge in [-0.2, -0.15) is 0 Å². The van der Waals surface area contributed by atoms with E-state index in [9.17, 15) is 14.7 Å². The normalized spacial score (nSPS) is 11.9. The van der Waals surface area contributed by atoms with Crippen LogP contribution in [-0.4, -0.2) is 34.4 Å². The van der Waals surface area contributed by atoms with Gasteiger partial charge in [-0.3, -0.25) is 9.59 Å². The molecule has 116 valence electrons. The Balaban J connectivity index is 1.94. The van der Waals surface area contributed by atoms with Gasteiger partial charge in [0.1, 0.15) is 0 Å². The maximum absolute atomic E-state index is 12.1. The summed E-state index contributed by atoms with van der Waals surface area (Å²) in [4.78, 5) is 26.9. The Bertz CT molecular complexity index is 618. The molecule has 1 aromatic heterocycles. The molecule has 22 heavy (non-hydrogen) atoms. The number of aromatic nitrogens is 1. The molecule has 0 fully saturated rings. The molecule has 0 saturated carbocycles. The minimum absolute atomic E-state index is 0.0840. The number of hydrogen-bond acceptors (Lipinski definition) is 3. The van der Waals surface area contributed by atoms with Gasteiger partial charge in [0.15, 0.2) is 5.78 Å². The minimum atomic E-state index is -0.387. The average molecular weight is 300 g/mol. The first-order valence-corrected chi connectivity index (χ1v) is 7.35. The van der Waals surface area contributed by atoms with E-state index in [4.69, 9.17) is 0 Å². The van der Waals surface area contributed by atoms with Crippen molar-refractivity contribution in [1.29, 1.82) is 0 Å². The van der Waals surface area contributed by atoms with Crippen LogP contribution in [0.5, 0.6) is 0 Å². The summed E-state index contributed by atoms with van der Waals surface area (Å²) in [5.74, 6) is -0.289. The molecule has 5 nitrogen and oxygen atoms in total. The van der Waals surface area contributed by atoms with Crippen molar-refractivity contribution in [2.45, 2.75) is 25.9 Å². The number of carbonyl (C=O) groups excluding carboxylic acids is 2. The van der Waals surface area contributed by atoms with E-state index in [1.165, 1.54) is 0 Å². The molecule has 2 aromatic rings. The Morgan fingerprint density at radius 3 is 2.41 bits per heavy atom. The highest BCUT2D eigenvalue weighted by atomic mass is 16.3. The lowest BCUT2D eigenvalue weighted by atomic mass is 10.0. The topological polar surface area (TPSA) is 82.2 Å². The molecular weight excluding hydrogens is 280 g/mol. The van der Waals surface area contributed by atoms with Crippen molar-refractivity contribution < 1.29 is 14.7 Å². The Kier molecular flexibility index (Phi) is 5.49. The van der Waals surface area contributed by atoms with Gasteiger partial charge in [0.05, 0.1) is 6.10 Å². The number of aromatic amines is 1. The number of carbonyl (C=O) groups is 2. The Morgan fingerprint density at radius 1 is 1.14 bits per heavy atom. The predicted molar refractivity (Wildman–Crippen MR) is 83.9 cm³/mol.